The van der Waals surface area contributed by atoms with Crippen molar-refractivity contribution in [3.63, 3.8) is 0 Å². The van der Waals surface area contributed by atoms with Crippen LogP contribution in [0.3, 0.4) is 0 Å². The van der Waals surface area contributed by atoms with Crippen molar-refractivity contribution in [1.29, 1.82) is 0 Å². The smallest absolute Gasteiger partial charge is 0.167 e. The van der Waals surface area contributed by atoms with Gasteiger partial charge in [-0.25, -0.2) is 29.9 Å². The van der Waals surface area contributed by atoms with Crippen LogP contribution in [0.4, 0.5) is 0 Å². The quantitative estimate of drug-likeness (QED) is 0.124. The van der Waals surface area contributed by atoms with Crippen LogP contribution in [-0.4, -0.2) is 39.0 Å². The lowest BCUT2D eigenvalue weighted by molar-refractivity contribution is 0.669. The molecule has 6 heterocycles. The molecule has 0 bridgehead atoms. The van der Waals surface area contributed by atoms with Gasteiger partial charge in [-0.15, -0.1) is 0 Å². The van der Waals surface area contributed by atoms with Crippen LogP contribution >= 0.6 is 0 Å². The molecule has 576 valence electrons. The maximum absolute atomic E-state index is 6.51. The second kappa shape index (κ2) is 28.5. The first-order valence-corrected chi connectivity index (χ1v) is 41.9. The highest BCUT2D eigenvalue weighted by molar-refractivity contribution is 6.27. The maximum atomic E-state index is 6.51. The van der Waals surface area contributed by atoms with E-state index in [1.807, 2.05) is 66.7 Å². The van der Waals surface area contributed by atoms with E-state index in [1.165, 1.54) is 64.6 Å². The molecule has 0 atom stereocenters. The van der Waals surface area contributed by atoms with Gasteiger partial charge in [-0.2, -0.15) is 0 Å². The largest absolute Gasteiger partial charge is 0.456 e. The molecule has 0 aliphatic carbocycles. The van der Waals surface area contributed by atoms with Gasteiger partial charge in [-0.3, -0.25) is 0 Å². The number of furan rings is 2. The van der Waals surface area contributed by atoms with Crippen molar-refractivity contribution in [2.45, 2.75) is 0 Å². The van der Waals surface area contributed by atoms with E-state index < -0.39 is 0 Å². The van der Waals surface area contributed by atoms with Crippen LogP contribution in [0.15, 0.2) is 421 Å². The minimum absolute atomic E-state index is 0.556. The summed E-state index contributed by atoms with van der Waals surface area (Å²) in [5.74, 6) is 3.56. The molecule has 10 nitrogen and oxygen atoms in total. The summed E-state index contributed by atoms with van der Waals surface area (Å²) >= 11 is 0. The number of para-hydroxylation sites is 5. The molecule has 20 aromatic carbocycles. The van der Waals surface area contributed by atoms with Crippen LogP contribution in [0.2, 0.25) is 0 Å². The second-order valence-corrected chi connectivity index (χ2v) is 31.9. The molecule has 10 heteroatoms. The third kappa shape index (κ3) is 11.6. The average Bonchev–Trinajstić information content (AvgIpc) is 1.64. The Kier molecular flexibility index (Phi) is 16.1. The molecular weight excluding hydrogens is 1510 g/mol. The lowest BCUT2D eigenvalue weighted by atomic mass is 9.94. The van der Waals surface area contributed by atoms with Gasteiger partial charge in [0.15, 0.2) is 34.9 Å². The number of nitrogens with zero attached hydrogens (tertiary/aromatic N) is 8. The minimum atomic E-state index is 0.556. The molecule has 26 rings (SSSR count). The molecule has 6 aromatic heterocycles. The highest BCUT2D eigenvalue weighted by Gasteiger charge is 2.24. The molecule has 0 aliphatic heterocycles. The number of rotatable bonds is 10. The lowest BCUT2D eigenvalue weighted by Crippen LogP contribution is -2.00. The molecular formula is C114H68N8O2. The van der Waals surface area contributed by atoms with Crippen molar-refractivity contribution < 1.29 is 8.83 Å². The predicted octanol–water partition coefficient (Wildman–Crippen LogP) is 30.0. The molecule has 0 fully saturated rings. The van der Waals surface area contributed by atoms with E-state index in [4.69, 9.17) is 38.7 Å². The Morgan fingerprint density at radius 2 is 0.444 bits per heavy atom. The Hall–Kier alpha value is -16.8. The number of hydrogen-bond donors (Lipinski definition) is 0. The fourth-order valence-electron chi connectivity index (χ4n) is 19.0. The summed E-state index contributed by atoms with van der Waals surface area (Å²) in [7, 11) is 0. The maximum Gasteiger partial charge on any atom is 0.167 e. The van der Waals surface area contributed by atoms with Gasteiger partial charge < -0.3 is 18.0 Å². The van der Waals surface area contributed by atoms with Gasteiger partial charge in [0.2, 0.25) is 0 Å². The number of benzene rings is 20. The second-order valence-electron chi connectivity index (χ2n) is 31.9. The van der Waals surface area contributed by atoms with E-state index in [9.17, 15) is 0 Å². The SMILES string of the molecule is c1ccc(-c2ccc(-c3nc(-c4ccc5c(c4)c4ccccc4n5-c4ccc5c6ccccc6c6ccccc6c5c4)nc(-c4cccc5c4oc4ccccc45)n3)cc2)cc1.c1ccc(-c2ccc(-c3nc(-c4ccc5oc6ccccc6c5c4)nc(-c4ccc5c(c4)c4ccccc4n5-c4ccc5c6ccccc6c6ccccc6c5c4)n3)cc2)cc1. The monoisotopic (exact) mass is 1580 g/mol. The topological polar surface area (TPSA) is 113 Å². The summed E-state index contributed by atoms with van der Waals surface area (Å²) in [5, 5.41) is 23.8. The molecule has 0 radical (unpaired) electrons. The van der Waals surface area contributed by atoms with E-state index >= 15 is 0 Å². The molecule has 0 N–H and O–H groups in total. The summed E-state index contributed by atoms with van der Waals surface area (Å²) < 4.78 is 17.5. The Bertz CT molecular complexity index is 8790. The summed E-state index contributed by atoms with van der Waals surface area (Å²) in [5.41, 5.74) is 19.9. The van der Waals surface area contributed by atoms with E-state index in [0.29, 0.717) is 34.9 Å². The Balaban J connectivity index is 0.000000136. The van der Waals surface area contributed by atoms with Gasteiger partial charge in [-0.1, -0.05) is 303 Å². The normalized spacial score (nSPS) is 11.9. The lowest BCUT2D eigenvalue weighted by Gasteiger charge is -2.14. The molecule has 0 saturated carbocycles. The van der Waals surface area contributed by atoms with Gasteiger partial charge in [0.1, 0.15) is 22.3 Å². The van der Waals surface area contributed by atoms with Crippen LogP contribution in [0.25, 0.3) is 254 Å². The van der Waals surface area contributed by atoms with Crippen LogP contribution in [0.5, 0.6) is 0 Å². The van der Waals surface area contributed by atoms with E-state index in [-0.39, 0.29) is 0 Å². The van der Waals surface area contributed by atoms with Crippen LogP contribution in [0, 0.1) is 0 Å². The van der Waals surface area contributed by atoms with Gasteiger partial charge >= 0.3 is 0 Å². The Labute approximate surface area is 709 Å². The predicted molar refractivity (Wildman–Crippen MR) is 511 cm³/mol. The van der Waals surface area contributed by atoms with Crippen molar-refractivity contribution in [2.24, 2.45) is 0 Å². The molecule has 0 amide bonds. The standard InChI is InChI=1S/2C57H34N4O/c1-2-13-35(14-3-1)36-25-27-37(28-26-36)55-58-56(60-57(59-55)48-22-12-21-47-46-20-9-11-24-53(46)62-54(47)48)38-29-32-52-50(33-38)45-19-8-10-23-51(45)61(52)39-30-31-44-42-17-5-4-15-40(42)41-16-6-7-18-43(41)49(44)34-39;1-2-12-35(13-3-1)36-22-24-37(25-23-36)55-58-56(60-57(59-55)39-27-31-54-50(33-39)47-19-9-11-21-53(47)62-54)38-26-30-52-49(32-38)46-18-8-10-20-51(46)61(52)40-28-29-45-43-16-5-4-14-41(43)42-15-6-7-17-44(42)48(45)34-40/h2*1-34H. The Morgan fingerprint density at radius 1 is 0.153 bits per heavy atom. The minimum Gasteiger partial charge on any atom is -0.456 e. The third-order valence-electron chi connectivity index (χ3n) is 24.9. The van der Waals surface area contributed by atoms with E-state index in [0.717, 1.165) is 154 Å². The van der Waals surface area contributed by atoms with E-state index in [2.05, 4.69) is 355 Å². The summed E-state index contributed by atoms with van der Waals surface area (Å²) in [6.07, 6.45) is 0. The average molecular weight is 1580 g/mol. The zero-order chi connectivity index (χ0) is 81.5. The molecule has 0 saturated heterocycles. The van der Waals surface area contributed by atoms with E-state index in [1.54, 1.807) is 0 Å². The molecule has 0 aliphatic rings. The highest BCUT2D eigenvalue weighted by Crippen LogP contribution is 2.45. The summed E-state index contributed by atoms with van der Waals surface area (Å²) in [4.78, 5) is 31.1. The zero-order valence-electron chi connectivity index (χ0n) is 66.7. The van der Waals surface area contributed by atoms with Crippen LogP contribution in [-0.2, 0) is 0 Å². The van der Waals surface area contributed by atoms with Crippen molar-refractivity contribution in [1.82, 2.24) is 39.0 Å². The zero-order valence-corrected chi connectivity index (χ0v) is 66.7. The molecule has 26 aromatic rings. The summed E-state index contributed by atoms with van der Waals surface area (Å²) in [6, 6.07) is 146. The first-order valence-electron chi connectivity index (χ1n) is 41.9. The van der Waals surface area contributed by atoms with Gasteiger partial charge in [-0.05, 0) is 196 Å². The molecule has 0 unspecified atom stereocenters. The van der Waals surface area contributed by atoms with Crippen molar-refractivity contribution in [3.05, 3.63) is 413 Å². The van der Waals surface area contributed by atoms with Crippen LogP contribution < -0.4 is 0 Å². The highest BCUT2D eigenvalue weighted by atomic mass is 16.3. The van der Waals surface area contributed by atoms with Crippen molar-refractivity contribution in [2.75, 3.05) is 0 Å². The van der Waals surface area contributed by atoms with Gasteiger partial charge in [0.25, 0.3) is 0 Å². The van der Waals surface area contributed by atoms with Crippen LogP contribution in [0.1, 0.15) is 0 Å². The first kappa shape index (κ1) is 70.2. The first-order chi connectivity index (χ1) is 61.4. The molecule has 0 spiro atoms. The number of aromatic nitrogens is 8. The fourth-order valence-corrected chi connectivity index (χ4v) is 19.0. The van der Waals surface area contributed by atoms with Crippen molar-refractivity contribution >= 4 is 152 Å². The number of fused-ring (bicyclic) bond motifs is 24. The third-order valence-corrected chi connectivity index (χ3v) is 24.9. The van der Waals surface area contributed by atoms with Crippen molar-refractivity contribution in [3.8, 4) is 102 Å². The number of hydrogen-bond acceptors (Lipinski definition) is 8. The molecule has 124 heavy (non-hydrogen) atoms. The van der Waals surface area contributed by atoms with Gasteiger partial charge in [0, 0.05) is 82.3 Å². The Morgan fingerprint density at radius 3 is 0.887 bits per heavy atom. The van der Waals surface area contributed by atoms with Gasteiger partial charge in [0.05, 0.1) is 27.6 Å². The summed E-state index contributed by atoms with van der Waals surface area (Å²) in [6.45, 7) is 0. The fraction of sp³-hybridized carbons (Fsp3) is 0.